The van der Waals surface area contributed by atoms with Crippen LogP contribution in [0.3, 0.4) is 0 Å². The SMILES string of the molecule is CN(C)c1cccc(OCC(=O)N/N=C/c2ccc(Sc3nc4ccccc4[nH]3)o2)c1. The zero-order valence-electron chi connectivity index (χ0n) is 17.0. The standard InChI is InChI=1S/C22H21N5O3S/c1-27(2)15-6-5-7-16(12-15)29-14-20(28)26-23-13-17-10-11-21(30-17)31-22-24-18-8-3-4-9-19(18)25-22/h3-13H,14H2,1-2H3,(H,24,25)(H,26,28)/b23-13+. The molecular formula is C22H21N5O3S. The van der Waals surface area contributed by atoms with Crippen LogP contribution in [0.5, 0.6) is 5.75 Å². The van der Waals surface area contributed by atoms with Gasteiger partial charge in [-0.05, 0) is 48.2 Å². The summed E-state index contributed by atoms with van der Waals surface area (Å²) in [4.78, 5) is 21.6. The maximum absolute atomic E-state index is 11.9. The third kappa shape index (κ3) is 5.46. The normalized spacial score (nSPS) is 11.2. The summed E-state index contributed by atoms with van der Waals surface area (Å²) in [6.45, 7) is -0.139. The number of nitrogens with one attached hydrogen (secondary N) is 2. The molecule has 8 nitrogen and oxygen atoms in total. The first kappa shape index (κ1) is 20.5. The molecule has 1 amide bonds. The van der Waals surface area contributed by atoms with Gasteiger partial charge in [0.25, 0.3) is 5.91 Å². The number of hydrogen-bond acceptors (Lipinski definition) is 7. The fraction of sp³-hybridized carbons (Fsp3) is 0.136. The van der Waals surface area contributed by atoms with E-state index >= 15 is 0 Å². The number of fused-ring (bicyclic) bond motifs is 1. The van der Waals surface area contributed by atoms with E-state index in [-0.39, 0.29) is 12.5 Å². The number of carbonyl (C=O) groups is 1. The van der Waals surface area contributed by atoms with E-state index in [1.807, 2.05) is 67.5 Å². The van der Waals surface area contributed by atoms with Crippen LogP contribution in [0.1, 0.15) is 5.76 Å². The lowest BCUT2D eigenvalue weighted by Gasteiger charge is -2.13. The molecule has 0 saturated carbocycles. The lowest BCUT2D eigenvalue weighted by atomic mass is 10.3. The Hall–Kier alpha value is -3.72. The van der Waals surface area contributed by atoms with Crippen LogP contribution in [0.2, 0.25) is 0 Å². The Labute approximate surface area is 183 Å². The van der Waals surface area contributed by atoms with Crippen molar-refractivity contribution in [1.29, 1.82) is 0 Å². The Kier molecular flexibility index (Phi) is 6.23. The van der Waals surface area contributed by atoms with Crippen LogP contribution in [0, 0.1) is 0 Å². The summed E-state index contributed by atoms with van der Waals surface area (Å²) < 4.78 is 11.2. The number of nitrogens with zero attached hydrogens (tertiary/aromatic N) is 3. The van der Waals surface area contributed by atoms with E-state index in [2.05, 4.69) is 20.5 Å². The van der Waals surface area contributed by atoms with E-state index in [1.54, 1.807) is 12.1 Å². The summed E-state index contributed by atoms with van der Waals surface area (Å²) in [7, 11) is 3.88. The average molecular weight is 436 g/mol. The highest BCUT2D eigenvalue weighted by molar-refractivity contribution is 7.99. The Morgan fingerprint density at radius 2 is 2.10 bits per heavy atom. The van der Waals surface area contributed by atoms with Gasteiger partial charge < -0.3 is 19.0 Å². The van der Waals surface area contributed by atoms with Gasteiger partial charge in [-0.1, -0.05) is 18.2 Å². The van der Waals surface area contributed by atoms with Crippen LogP contribution in [-0.4, -0.2) is 42.8 Å². The molecule has 2 heterocycles. The predicted molar refractivity (Wildman–Crippen MR) is 121 cm³/mol. The molecule has 2 N–H and O–H groups in total. The number of rotatable bonds is 8. The van der Waals surface area contributed by atoms with Gasteiger partial charge in [-0.25, -0.2) is 10.4 Å². The topological polar surface area (TPSA) is 95.7 Å². The first-order valence-corrected chi connectivity index (χ1v) is 10.3. The minimum absolute atomic E-state index is 0.139. The molecule has 2 aromatic carbocycles. The van der Waals surface area contributed by atoms with Crippen LogP contribution < -0.4 is 15.1 Å². The van der Waals surface area contributed by atoms with Gasteiger partial charge in [0, 0.05) is 25.8 Å². The fourth-order valence-electron chi connectivity index (χ4n) is 2.73. The van der Waals surface area contributed by atoms with E-state index in [0.29, 0.717) is 16.6 Å². The van der Waals surface area contributed by atoms with Gasteiger partial charge in [-0.3, -0.25) is 4.79 Å². The van der Waals surface area contributed by atoms with Crippen molar-refractivity contribution in [2.45, 2.75) is 10.2 Å². The fourth-order valence-corrected chi connectivity index (χ4v) is 3.50. The quantitative estimate of drug-likeness (QED) is 0.322. The third-order valence-corrected chi connectivity index (χ3v) is 5.06. The van der Waals surface area contributed by atoms with Gasteiger partial charge in [-0.15, -0.1) is 0 Å². The number of aromatic nitrogens is 2. The first-order valence-electron chi connectivity index (χ1n) is 9.51. The highest BCUT2D eigenvalue weighted by atomic mass is 32.2. The molecular weight excluding hydrogens is 414 g/mol. The number of carbonyl (C=O) groups excluding carboxylic acids is 1. The number of anilines is 1. The molecule has 0 aliphatic heterocycles. The lowest BCUT2D eigenvalue weighted by Crippen LogP contribution is -2.24. The van der Waals surface area contributed by atoms with E-state index in [4.69, 9.17) is 9.15 Å². The van der Waals surface area contributed by atoms with Crippen molar-refractivity contribution in [3.05, 3.63) is 66.4 Å². The molecule has 0 atom stereocenters. The zero-order valence-corrected chi connectivity index (χ0v) is 17.8. The monoisotopic (exact) mass is 435 g/mol. The molecule has 4 rings (SSSR count). The van der Waals surface area contributed by atoms with E-state index in [0.717, 1.165) is 21.9 Å². The molecule has 0 spiro atoms. The van der Waals surface area contributed by atoms with Crippen LogP contribution >= 0.6 is 11.8 Å². The maximum atomic E-state index is 11.9. The predicted octanol–water partition coefficient (Wildman–Crippen LogP) is 3.90. The minimum Gasteiger partial charge on any atom is -0.484 e. The molecule has 0 saturated heterocycles. The largest absolute Gasteiger partial charge is 0.484 e. The number of imidazole rings is 1. The van der Waals surface area contributed by atoms with Gasteiger partial charge in [0.05, 0.1) is 17.2 Å². The van der Waals surface area contributed by atoms with Crippen molar-refractivity contribution >= 4 is 40.6 Å². The zero-order chi connectivity index (χ0) is 21.6. The second-order valence-electron chi connectivity index (χ2n) is 6.79. The smallest absolute Gasteiger partial charge is 0.277 e. The molecule has 4 aromatic rings. The summed E-state index contributed by atoms with van der Waals surface area (Å²) in [5.41, 5.74) is 5.28. The number of hydrazone groups is 1. The lowest BCUT2D eigenvalue weighted by molar-refractivity contribution is -0.123. The number of benzene rings is 2. The van der Waals surface area contributed by atoms with Crippen LogP contribution in [-0.2, 0) is 4.79 Å². The van der Waals surface area contributed by atoms with Crippen molar-refractivity contribution in [3.63, 3.8) is 0 Å². The number of H-pyrrole nitrogens is 1. The number of hydrogen-bond donors (Lipinski definition) is 2. The molecule has 31 heavy (non-hydrogen) atoms. The van der Waals surface area contributed by atoms with Crippen molar-refractivity contribution in [3.8, 4) is 5.75 Å². The Bertz CT molecular complexity index is 1180. The highest BCUT2D eigenvalue weighted by Crippen LogP contribution is 2.28. The summed E-state index contributed by atoms with van der Waals surface area (Å²) in [6.07, 6.45) is 1.44. The summed E-state index contributed by atoms with van der Waals surface area (Å²) in [5, 5.41) is 5.32. The number of furan rings is 1. The van der Waals surface area contributed by atoms with Crippen LogP contribution in [0.25, 0.3) is 11.0 Å². The van der Waals surface area contributed by atoms with Gasteiger partial charge in [0.15, 0.2) is 16.9 Å². The number of aromatic amines is 1. The van der Waals surface area contributed by atoms with Crippen molar-refractivity contribution in [2.24, 2.45) is 5.10 Å². The Morgan fingerprint density at radius 1 is 1.23 bits per heavy atom. The third-order valence-electron chi connectivity index (χ3n) is 4.25. The molecule has 0 radical (unpaired) electrons. The van der Waals surface area contributed by atoms with Gasteiger partial charge in [0.1, 0.15) is 11.5 Å². The van der Waals surface area contributed by atoms with Gasteiger partial charge in [0.2, 0.25) is 0 Å². The number of para-hydroxylation sites is 2. The highest BCUT2D eigenvalue weighted by Gasteiger charge is 2.08. The number of ether oxygens (including phenoxy) is 1. The number of amides is 1. The molecule has 0 fully saturated rings. The molecule has 0 bridgehead atoms. The molecule has 158 valence electrons. The van der Waals surface area contributed by atoms with Crippen molar-refractivity contribution in [1.82, 2.24) is 15.4 Å². The molecule has 9 heteroatoms. The second-order valence-corrected chi connectivity index (χ2v) is 7.78. The van der Waals surface area contributed by atoms with E-state index in [9.17, 15) is 4.79 Å². The van der Waals surface area contributed by atoms with Crippen molar-refractivity contribution < 1.29 is 13.9 Å². The molecule has 0 unspecified atom stereocenters. The minimum atomic E-state index is -0.366. The van der Waals surface area contributed by atoms with Gasteiger partial charge >= 0.3 is 0 Å². The van der Waals surface area contributed by atoms with Crippen LogP contribution in [0.15, 0.2) is 80.4 Å². The molecule has 0 aliphatic rings. The van der Waals surface area contributed by atoms with E-state index in [1.165, 1.54) is 18.0 Å². The van der Waals surface area contributed by atoms with Gasteiger partial charge in [-0.2, -0.15) is 5.10 Å². The van der Waals surface area contributed by atoms with Crippen LogP contribution in [0.4, 0.5) is 5.69 Å². The molecule has 0 aliphatic carbocycles. The Morgan fingerprint density at radius 3 is 2.94 bits per heavy atom. The molecule has 2 aromatic heterocycles. The maximum Gasteiger partial charge on any atom is 0.277 e. The summed E-state index contributed by atoms with van der Waals surface area (Å²) in [6, 6.07) is 18.9. The summed E-state index contributed by atoms with van der Waals surface area (Å²) in [5.74, 6) is 0.761. The van der Waals surface area contributed by atoms with Crippen molar-refractivity contribution in [2.75, 3.05) is 25.6 Å². The average Bonchev–Trinajstić information content (AvgIpc) is 3.38. The first-order chi connectivity index (χ1) is 15.1. The Balaban J connectivity index is 1.27. The summed E-state index contributed by atoms with van der Waals surface area (Å²) >= 11 is 1.38. The van der Waals surface area contributed by atoms with E-state index < -0.39 is 0 Å². The second kappa shape index (κ2) is 9.40.